The molecule has 0 saturated carbocycles. The van der Waals surface area contributed by atoms with E-state index in [4.69, 9.17) is 10.5 Å². The summed E-state index contributed by atoms with van der Waals surface area (Å²) in [6, 6.07) is 9.77. The first-order chi connectivity index (χ1) is 15.2. The lowest BCUT2D eigenvalue weighted by atomic mass is 9.93. The number of nitrogens with two attached hydrogens (primary N) is 1. The van der Waals surface area contributed by atoms with Crippen LogP contribution in [-0.2, 0) is 30.3 Å². The Bertz CT molecular complexity index is 777. The van der Waals surface area contributed by atoms with E-state index in [2.05, 4.69) is 10.6 Å². The number of amides is 2. The number of allylic oxidation sites excluding steroid dienone is 1. The third-order valence-electron chi connectivity index (χ3n) is 4.91. The predicted octanol–water partition coefficient (Wildman–Crippen LogP) is 1.53. The van der Waals surface area contributed by atoms with Gasteiger partial charge in [-0.05, 0) is 30.4 Å². The molecule has 0 aliphatic carbocycles. The zero-order valence-electron chi connectivity index (χ0n) is 19.1. The van der Waals surface area contributed by atoms with Crippen molar-refractivity contribution in [1.82, 2.24) is 10.6 Å². The van der Waals surface area contributed by atoms with Crippen LogP contribution in [-0.4, -0.2) is 49.8 Å². The van der Waals surface area contributed by atoms with Crippen LogP contribution >= 0.6 is 0 Å². The maximum absolute atomic E-state index is 11.9. The van der Waals surface area contributed by atoms with Gasteiger partial charge < -0.3 is 25.9 Å². The lowest BCUT2D eigenvalue weighted by molar-refractivity contribution is -0.149. The lowest BCUT2D eigenvalue weighted by Gasteiger charge is -2.24. The first kappa shape index (κ1) is 27.0. The molecule has 1 rings (SSSR count). The van der Waals surface area contributed by atoms with Gasteiger partial charge in [-0.3, -0.25) is 14.4 Å². The molecular weight excluding hydrogens is 410 g/mol. The average Bonchev–Trinajstić information content (AvgIpc) is 2.79. The second kappa shape index (κ2) is 14.1. The van der Waals surface area contributed by atoms with Crippen molar-refractivity contribution in [3.05, 3.63) is 48.0 Å². The number of aldehydes is 1. The van der Waals surface area contributed by atoms with Crippen LogP contribution in [0.15, 0.2) is 42.5 Å². The van der Waals surface area contributed by atoms with Crippen molar-refractivity contribution >= 4 is 24.1 Å². The van der Waals surface area contributed by atoms with Gasteiger partial charge in [-0.1, -0.05) is 57.2 Å². The van der Waals surface area contributed by atoms with Crippen molar-refractivity contribution in [1.29, 1.82) is 0 Å². The van der Waals surface area contributed by atoms with Gasteiger partial charge in [0.15, 0.2) is 0 Å². The second-order valence-electron chi connectivity index (χ2n) is 8.48. The smallest absolute Gasteiger partial charge is 0.319 e. The molecule has 0 heterocycles. The Morgan fingerprint density at radius 1 is 1.16 bits per heavy atom. The third kappa shape index (κ3) is 11.4. The molecule has 0 aliphatic rings. The van der Waals surface area contributed by atoms with E-state index in [1.54, 1.807) is 19.9 Å². The summed E-state index contributed by atoms with van der Waals surface area (Å²) in [7, 11) is 0. The number of ether oxygens (including phenoxy) is 1. The minimum Gasteiger partial charge on any atom is -0.461 e. The largest absolute Gasteiger partial charge is 0.461 e. The Kier molecular flexibility index (Phi) is 11.9. The summed E-state index contributed by atoms with van der Waals surface area (Å²) in [6.45, 7) is 5.29. The molecule has 4 N–H and O–H groups in total. The van der Waals surface area contributed by atoms with Gasteiger partial charge in [0.1, 0.15) is 12.4 Å². The molecule has 8 nitrogen and oxygen atoms in total. The number of carbonyl (C=O) groups excluding carboxylic acids is 4. The van der Waals surface area contributed by atoms with Crippen molar-refractivity contribution in [2.45, 2.75) is 46.1 Å². The van der Waals surface area contributed by atoms with Crippen LogP contribution in [0.3, 0.4) is 0 Å². The van der Waals surface area contributed by atoms with Gasteiger partial charge in [0.25, 0.3) is 0 Å². The van der Waals surface area contributed by atoms with E-state index in [-0.39, 0.29) is 43.5 Å². The lowest BCUT2D eigenvalue weighted by Crippen LogP contribution is -2.40. The molecule has 0 bridgehead atoms. The maximum atomic E-state index is 11.9. The molecule has 0 saturated heterocycles. The molecular formula is C24H35N3O5. The van der Waals surface area contributed by atoms with Gasteiger partial charge in [0, 0.05) is 18.4 Å². The number of hydrogen-bond donors (Lipinski definition) is 3. The highest BCUT2D eigenvalue weighted by molar-refractivity contribution is 5.91. The van der Waals surface area contributed by atoms with E-state index in [9.17, 15) is 19.2 Å². The Labute approximate surface area is 190 Å². The molecule has 0 aromatic heterocycles. The zero-order valence-corrected chi connectivity index (χ0v) is 19.1. The summed E-state index contributed by atoms with van der Waals surface area (Å²) in [4.78, 5) is 46.2. The minimum absolute atomic E-state index is 0.0605. The van der Waals surface area contributed by atoms with E-state index in [1.165, 1.54) is 6.08 Å². The van der Waals surface area contributed by atoms with E-state index < -0.39 is 11.4 Å². The molecule has 0 fully saturated rings. The van der Waals surface area contributed by atoms with Crippen LogP contribution in [0.2, 0.25) is 0 Å². The van der Waals surface area contributed by atoms with Gasteiger partial charge in [0.2, 0.25) is 11.8 Å². The summed E-state index contributed by atoms with van der Waals surface area (Å²) >= 11 is 0. The molecule has 2 unspecified atom stereocenters. The Morgan fingerprint density at radius 2 is 1.84 bits per heavy atom. The van der Waals surface area contributed by atoms with Crippen molar-refractivity contribution in [3.63, 3.8) is 0 Å². The summed E-state index contributed by atoms with van der Waals surface area (Å²) in [6.07, 6.45) is 5.48. The average molecular weight is 446 g/mol. The summed E-state index contributed by atoms with van der Waals surface area (Å²) in [5.74, 6) is -1.12. The first-order valence-electron chi connectivity index (χ1n) is 10.8. The molecule has 1 aromatic rings. The number of rotatable bonds is 14. The Balaban J connectivity index is 2.43. The summed E-state index contributed by atoms with van der Waals surface area (Å²) in [5.41, 5.74) is 5.81. The van der Waals surface area contributed by atoms with E-state index in [1.807, 2.05) is 37.3 Å². The van der Waals surface area contributed by atoms with Crippen LogP contribution in [0.5, 0.6) is 0 Å². The highest BCUT2D eigenvalue weighted by Gasteiger charge is 2.21. The highest BCUT2D eigenvalue weighted by Crippen LogP contribution is 2.19. The van der Waals surface area contributed by atoms with Gasteiger partial charge in [-0.2, -0.15) is 0 Å². The molecule has 0 radical (unpaired) electrons. The normalized spacial score (nSPS) is 13.2. The van der Waals surface area contributed by atoms with Gasteiger partial charge >= 0.3 is 5.97 Å². The number of hydrogen-bond acceptors (Lipinski definition) is 6. The Morgan fingerprint density at radius 3 is 2.47 bits per heavy atom. The van der Waals surface area contributed by atoms with Gasteiger partial charge in [0.05, 0.1) is 13.1 Å². The van der Waals surface area contributed by atoms with Crippen molar-refractivity contribution in [2.75, 3.05) is 19.6 Å². The van der Waals surface area contributed by atoms with E-state index in [0.717, 1.165) is 11.8 Å². The molecule has 0 spiro atoms. The third-order valence-corrected chi connectivity index (χ3v) is 4.91. The zero-order chi connectivity index (χ0) is 24.0. The number of benzene rings is 1. The number of esters is 1. The number of nitrogens with one attached hydrogen (secondary N) is 2. The van der Waals surface area contributed by atoms with E-state index >= 15 is 0 Å². The Hall–Kier alpha value is -3.00. The quantitative estimate of drug-likeness (QED) is 0.226. The molecule has 32 heavy (non-hydrogen) atoms. The topological polar surface area (TPSA) is 128 Å². The maximum Gasteiger partial charge on any atom is 0.319 e. The predicted molar refractivity (Wildman–Crippen MR) is 122 cm³/mol. The van der Waals surface area contributed by atoms with Gasteiger partial charge in [-0.15, -0.1) is 0 Å². The van der Waals surface area contributed by atoms with Crippen LogP contribution in [0.4, 0.5) is 0 Å². The standard InChI is InChI=1S/C24H35N3O5/c1-18(20(32-23(31)14-25)13-19-10-5-4-6-11-19)9-7-8-12-21(29)26-15-22(30)27-16-24(2,3)17-28/h4-6,8,10-12,17-18,20H,7,9,13-16,25H2,1-3H3,(H,26,29)(H,27,30)/b12-8+. The minimum atomic E-state index is -0.646. The highest BCUT2D eigenvalue weighted by atomic mass is 16.5. The first-order valence-corrected chi connectivity index (χ1v) is 10.8. The van der Waals surface area contributed by atoms with Crippen LogP contribution in [0.25, 0.3) is 0 Å². The van der Waals surface area contributed by atoms with Gasteiger partial charge in [-0.25, -0.2) is 0 Å². The van der Waals surface area contributed by atoms with Crippen LogP contribution in [0.1, 0.15) is 39.2 Å². The number of carbonyl (C=O) groups is 4. The summed E-state index contributed by atoms with van der Waals surface area (Å²) in [5, 5.41) is 5.11. The monoisotopic (exact) mass is 445 g/mol. The SMILES string of the molecule is CC(CC/C=C/C(=O)NCC(=O)NCC(C)(C)C=O)C(Cc1ccccc1)OC(=O)CN. The second-order valence-corrected chi connectivity index (χ2v) is 8.48. The van der Waals surface area contributed by atoms with E-state index in [0.29, 0.717) is 19.3 Å². The van der Waals surface area contributed by atoms with Crippen LogP contribution in [0, 0.1) is 11.3 Å². The fraction of sp³-hybridized carbons (Fsp3) is 0.500. The fourth-order valence-electron chi connectivity index (χ4n) is 2.81. The van der Waals surface area contributed by atoms with Crippen molar-refractivity contribution < 1.29 is 23.9 Å². The molecule has 1 aromatic carbocycles. The molecule has 2 atom stereocenters. The molecule has 176 valence electrons. The molecule has 8 heteroatoms. The van der Waals surface area contributed by atoms with Crippen molar-refractivity contribution in [2.24, 2.45) is 17.1 Å². The molecule has 0 aliphatic heterocycles. The molecule has 2 amide bonds. The van der Waals surface area contributed by atoms with Crippen LogP contribution < -0.4 is 16.4 Å². The van der Waals surface area contributed by atoms with Crippen molar-refractivity contribution in [3.8, 4) is 0 Å². The summed E-state index contributed by atoms with van der Waals surface area (Å²) < 4.78 is 5.53. The fourth-order valence-corrected chi connectivity index (χ4v) is 2.81.